The van der Waals surface area contributed by atoms with Crippen molar-refractivity contribution in [1.82, 2.24) is 19.4 Å². The number of halogens is 4. The van der Waals surface area contributed by atoms with Crippen LogP contribution in [0.4, 0.5) is 13.2 Å². The normalized spacial score (nSPS) is 12.4. The van der Waals surface area contributed by atoms with Gasteiger partial charge < -0.3 is 9.64 Å². The fourth-order valence-corrected chi connectivity index (χ4v) is 7.73. The highest BCUT2D eigenvalue weighted by Gasteiger charge is 2.34. The van der Waals surface area contributed by atoms with Gasteiger partial charge in [-0.1, -0.05) is 90.5 Å². The van der Waals surface area contributed by atoms with Crippen LogP contribution >= 0.6 is 11.6 Å². The van der Waals surface area contributed by atoms with Gasteiger partial charge in [0.15, 0.2) is 0 Å². The molecule has 52 heavy (non-hydrogen) atoms. The molecule has 1 amide bonds. The van der Waals surface area contributed by atoms with Crippen molar-refractivity contribution in [3.63, 3.8) is 0 Å². The van der Waals surface area contributed by atoms with Crippen molar-refractivity contribution in [3.8, 4) is 22.3 Å². The zero-order valence-electron chi connectivity index (χ0n) is 28.7. The second-order valence-electron chi connectivity index (χ2n) is 12.1. The van der Waals surface area contributed by atoms with Crippen LogP contribution in [-0.4, -0.2) is 61.2 Å². The van der Waals surface area contributed by atoms with Gasteiger partial charge in [0.05, 0.1) is 18.4 Å². The average Bonchev–Trinajstić information content (AvgIpc) is 3.39. The third kappa shape index (κ3) is 8.55. The molecule has 0 saturated heterocycles. The van der Waals surface area contributed by atoms with Gasteiger partial charge in [-0.2, -0.15) is 18.3 Å². The lowest BCUT2D eigenvalue weighted by Crippen LogP contribution is -2.49. The first-order valence-electron chi connectivity index (χ1n) is 16.1. The minimum atomic E-state index is -4.49. The number of amides is 1. The second-order valence-corrected chi connectivity index (χ2v) is 14.2. The van der Waals surface area contributed by atoms with Crippen LogP contribution in [-0.2, 0) is 39.2 Å². The van der Waals surface area contributed by atoms with Crippen molar-refractivity contribution >= 4 is 33.5 Å². The number of ether oxygens (including phenoxy) is 1. The summed E-state index contributed by atoms with van der Waals surface area (Å²) in [5.41, 5.74) is 3.43. The van der Waals surface area contributed by atoms with Gasteiger partial charge in [-0.05, 0) is 65.4 Å². The third-order valence-electron chi connectivity index (χ3n) is 8.61. The highest BCUT2D eigenvalue weighted by atomic mass is 35.5. The van der Waals surface area contributed by atoms with Crippen LogP contribution in [0.5, 0.6) is 0 Å². The number of alkyl halides is 3. The van der Waals surface area contributed by atoms with Crippen molar-refractivity contribution in [2.45, 2.75) is 37.4 Å². The molecule has 4 aromatic carbocycles. The van der Waals surface area contributed by atoms with Crippen LogP contribution in [0.1, 0.15) is 32.7 Å². The molecule has 0 saturated carbocycles. The van der Waals surface area contributed by atoms with Crippen molar-refractivity contribution in [2.24, 2.45) is 7.05 Å². The van der Waals surface area contributed by atoms with E-state index in [4.69, 9.17) is 16.3 Å². The summed E-state index contributed by atoms with van der Waals surface area (Å²) >= 11 is 6.22. The Morgan fingerprint density at radius 1 is 0.904 bits per heavy atom. The lowest BCUT2D eigenvalue weighted by Gasteiger charge is -2.30. The molecule has 1 aromatic heterocycles. The molecule has 1 atom stereocenters. The minimum absolute atomic E-state index is 0.0523. The Kier molecular flexibility index (Phi) is 11.6. The van der Waals surface area contributed by atoms with E-state index in [0.717, 1.165) is 22.8 Å². The molecule has 0 fully saturated rings. The van der Waals surface area contributed by atoms with E-state index >= 15 is 0 Å². The van der Waals surface area contributed by atoms with Crippen molar-refractivity contribution in [1.29, 1.82) is 0 Å². The molecule has 0 spiro atoms. The average molecular weight is 753 g/mol. The number of aryl methyl sites for hydroxylation is 3. The summed E-state index contributed by atoms with van der Waals surface area (Å²) in [5.74, 6) is -1.31. The number of carbonyl (C=O) groups is 2. The number of hydrogen-bond donors (Lipinski definition) is 1. The molecule has 1 N–H and O–H groups in total. The van der Waals surface area contributed by atoms with E-state index in [0.29, 0.717) is 11.1 Å². The van der Waals surface area contributed by atoms with E-state index in [1.54, 1.807) is 12.1 Å². The molecule has 0 bridgehead atoms. The van der Waals surface area contributed by atoms with E-state index in [1.807, 2.05) is 54.6 Å². The predicted molar refractivity (Wildman–Crippen MR) is 192 cm³/mol. The summed E-state index contributed by atoms with van der Waals surface area (Å²) < 4.78 is 75.4. The number of methoxy groups -OCH3 is 1. The first kappa shape index (κ1) is 38.3. The number of esters is 1. The first-order valence-corrected chi connectivity index (χ1v) is 18.0. The van der Waals surface area contributed by atoms with Gasteiger partial charge in [0.1, 0.15) is 16.1 Å². The predicted octanol–water partition coefficient (Wildman–Crippen LogP) is 7.25. The number of sulfonamides is 1. The van der Waals surface area contributed by atoms with E-state index in [9.17, 15) is 31.2 Å². The largest absolute Gasteiger partial charge is 0.467 e. The van der Waals surface area contributed by atoms with E-state index < -0.39 is 39.7 Å². The second kappa shape index (κ2) is 15.7. The van der Waals surface area contributed by atoms with Crippen LogP contribution in [0, 0.1) is 13.8 Å². The maximum atomic E-state index is 14.2. The van der Waals surface area contributed by atoms with Crippen molar-refractivity contribution in [2.75, 3.05) is 20.2 Å². The van der Waals surface area contributed by atoms with Crippen molar-refractivity contribution < 1.29 is 35.9 Å². The maximum Gasteiger partial charge on any atom is 0.416 e. The number of aromatic nitrogens is 2. The highest BCUT2D eigenvalue weighted by molar-refractivity contribution is 7.89. The minimum Gasteiger partial charge on any atom is -0.467 e. The number of nitrogens with zero attached hydrogens (tertiary/aromatic N) is 3. The zero-order chi connectivity index (χ0) is 37.8. The van der Waals surface area contributed by atoms with Crippen LogP contribution in [0.2, 0.25) is 5.15 Å². The molecule has 0 aliphatic heterocycles. The highest BCUT2D eigenvalue weighted by Crippen LogP contribution is 2.34. The monoisotopic (exact) mass is 752 g/mol. The quantitative estimate of drug-likeness (QED) is 0.135. The Morgan fingerprint density at radius 2 is 1.48 bits per heavy atom. The lowest BCUT2D eigenvalue weighted by molar-refractivity contribution is -0.146. The maximum absolute atomic E-state index is 14.2. The fourth-order valence-electron chi connectivity index (χ4n) is 5.96. The SMILES string of the molecule is COC(=O)[C@H](Cc1ccc(-c2ccccc2)cc1)N(CCNS(=O)(=O)c1c(C)nn(C)c1Cl)C(=O)c1ccc(-c2ccc(C(F)(F)F)c(C)c2)cc1. The molecule has 5 rings (SSSR count). The van der Waals surface area contributed by atoms with Gasteiger partial charge in [0.25, 0.3) is 5.91 Å². The molecular formula is C38H36ClF3N4O5S. The summed E-state index contributed by atoms with van der Waals surface area (Å²) in [6.07, 6.45) is -4.43. The van der Waals surface area contributed by atoms with Gasteiger partial charge in [-0.3, -0.25) is 9.48 Å². The first-order chi connectivity index (χ1) is 24.6. The van der Waals surface area contributed by atoms with E-state index in [2.05, 4.69) is 9.82 Å². The number of nitrogens with one attached hydrogen (secondary N) is 1. The number of carbonyl (C=O) groups excluding carboxylic acids is 2. The molecule has 1 heterocycles. The number of benzene rings is 4. The number of rotatable bonds is 12. The molecule has 0 aliphatic rings. The smallest absolute Gasteiger partial charge is 0.416 e. The van der Waals surface area contributed by atoms with Crippen LogP contribution in [0.3, 0.4) is 0 Å². The third-order valence-corrected chi connectivity index (χ3v) is 10.8. The topological polar surface area (TPSA) is 111 Å². The van der Waals surface area contributed by atoms with Gasteiger partial charge in [0.2, 0.25) is 10.0 Å². The lowest BCUT2D eigenvalue weighted by atomic mass is 9.98. The molecule has 9 nitrogen and oxygen atoms in total. The molecule has 272 valence electrons. The summed E-state index contributed by atoms with van der Waals surface area (Å²) in [7, 11) is -1.46. The van der Waals surface area contributed by atoms with Crippen LogP contribution in [0.15, 0.2) is 102 Å². The van der Waals surface area contributed by atoms with Crippen LogP contribution < -0.4 is 4.72 Å². The van der Waals surface area contributed by atoms with Gasteiger partial charge >= 0.3 is 12.1 Å². The Hall–Kier alpha value is -4.98. The molecule has 14 heteroatoms. The van der Waals surface area contributed by atoms with Gasteiger partial charge in [0, 0.05) is 32.1 Å². The molecule has 0 radical (unpaired) electrons. The Balaban J connectivity index is 1.45. The summed E-state index contributed by atoms with van der Waals surface area (Å²) in [6.45, 7) is 2.35. The summed E-state index contributed by atoms with van der Waals surface area (Å²) in [6, 6.07) is 26.0. The van der Waals surface area contributed by atoms with Crippen LogP contribution in [0.25, 0.3) is 22.3 Å². The fraction of sp³-hybridized carbons (Fsp3) is 0.237. The zero-order valence-corrected chi connectivity index (χ0v) is 30.3. The Bertz CT molecular complexity index is 2170. The number of hydrogen-bond acceptors (Lipinski definition) is 6. The molecule has 5 aromatic rings. The molecule has 0 aliphatic carbocycles. The summed E-state index contributed by atoms with van der Waals surface area (Å²) in [4.78, 5) is 28.6. The Labute approximate surface area is 305 Å². The standard InChI is InChI=1S/C38H36ClF3N4O5S/c1-24-22-31(18-19-32(24)38(40,41)42)29-14-16-30(17-15-29)36(47)46(21-20-43-52(49,50)34-25(2)44-45(3)35(34)39)33(37(48)51-4)23-26-10-12-28(13-11-26)27-8-6-5-7-9-27/h5-19,22,33,43H,20-21,23H2,1-4H3/t33-/m0/s1. The van der Waals surface area contributed by atoms with Gasteiger partial charge in [-0.15, -0.1) is 0 Å². The van der Waals surface area contributed by atoms with E-state index in [-0.39, 0.29) is 46.4 Å². The Morgan fingerprint density at radius 3 is 2.04 bits per heavy atom. The van der Waals surface area contributed by atoms with Gasteiger partial charge in [-0.25, -0.2) is 17.9 Å². The van der Waals surface area contributed by atoms with Crippen molar-refractivity contribution in [3.05, 3.63) is 130 Å². The van der Waals surface area contributed by atoms with E-state index in [1.165, 1.54) is 61.9 Å². The molecule has 0 unspecified atom stereocenters. The molecular weight excluding hydrogens is 717 g/mol. The summed E-state index contributed by atoms with van der Waals surface area (Å²) in [5, 5.41) is 3.97.